The van der Waals surface area contributed by atoms with Crippen LogP contribution in [0.4, 0.5) is 10.1 Å². The molecule has 3 aromatic carbocycles. The van der Waals surface area contributed by atoms with E-state index in [-0.39, 0.29) is 47.7 Å². The van der Waals surface area contributed by atoms with E-state index in [9.17, 15) is 32.0 Å². The van der Waals surface area contributed by atoms with Crippen molar-refractivity contribution in [2.45, 2.75) is 30.7 Å². The average molecular weight is 568 g/mol. The number of hydrogen-bond donors (Lipinski definition) is 1. The average Bonchev–Trinajstić information content (AvgIpc) is 3.22. The number of anilines is 1. The third-order valence-corrected chi connectivity index (χ3v) is 7.31. The van der Waals surface area contributed by atoms with Crippen LogP contribution in [0.3, 0.4) is 0 Å². The minimum atomic E-state index is -3.88. The van der Waals surface area contributed by atoms with Crippen LogP contribution in [0.15, 0.2) is 77.7 Å². The Morgan fingerprint density at radius 2 is 1.57 bits per heavy atom. The van der Waals surface area contributed by atoms with Gasteiger partial charge in [0.25, 0.3) is 11.8 Å². The number of carbonyl (C=O) groups excluding carboxylic acids is 4. The highest BCUT2D eigenvalue weighted by Crippen LogP contribution is 2.28. The summed E-state index contributed by atoms with van der Waals surface area (Å²) < 4.78 is 41.6. The van der Waals surface area contributed by atoms with E-state index in [0.717, 1.165) is 17.0 Å². The van der Waals surface area contributed by atoms with Gasteiger partial charge in [-0.05, 0) is 79.6 Å². The molecule has 1 aliphatic rings. The molecule has 40 heavy (non-hydrogen) atoms. The molecule has 3 amide bonds. The van der Waals surface area contributed by atoms with Gasteiger partial charge in [0.05, 0.1) is 29.2 Å². The molecule has 0 radical (unpaired) electrons. The van der Waals surface area contributed by atoms with Crippen LogP contribution in [-0.4, -0.2) is 56.2 Å². The topological polar surface area (TPSA) is 144 Å². The Bertz CT molecular complexity index is 1540. The molecule has 0 bridgehead atoms. The van der Waals surface area contributed by atoms with Crippen molar-refractivity contribution in [2.24, 2.45) is 5.14 Å². The number of halogens is 1. The summed E-state index contributed by atoms with van der Waals surface area (Å²) in [6.07, 6.45) is -0.0558. The first-order chi connectivity index (χ1) is 19.0. The van der Waals surface area contributed by atoms with Crippen LogP contribution in [0, 0.1) is 5.82 Å². The number of amides is 3. The Morgan fingerprint density at radius 3 is 2.15 bits per heavy atom. The highest BCUT2D eigenvalue weighted by molar-refractivity contribution is 7.89. The second-order valence-corrected chi connectivity index (χ2v) is 10.6. The minimum absolute atomic E-state index is 0.00422. The first-order valence-corrected chi connectivity index (χ1v) is 13.9. The molecule has 1 fully saturated rings. The lowest BCUT2D eigenvalue weighted by Crippen LogP contribution is -2.46. The zero-order valence-corrected chi connectivity index (χ0v) is 22.3. The van der Waals surface area contributed by atoms with Crippen molar-refractivity contribution >= 4 is 39.4 Å². The predicted molar refractivity (Wildman–Crippen MR) is 142 cm³/mol. The fourth-order valence-electron chi connectivity index (χ4n) is 4.34. The van der Waals surface area contributed by atoms with Crippen LogP contribution in [0.1, 0.15) is 39.6 Å². The summed E-state index contributed by atoms with van der Waals surface area (Å²) >= 11 is 0. The first kappa shape index (κ1) is 28.6. The number of benzene rings is 3. The van der Waals surface area contributed by atoms with Crippen molar-refractivity contribution in [1.29, 1.82) is 0 Å². The summed E-state index contributed by atoms with van der Waals surface area (Å²) in [5, 5.41) is 5.15. The van der Waals surface area contributed by atoms with E-state index in [1.54, 1.807) is 19.1 Å². The highest BCUT2D eigenvalue weighted by Gasteiger charge is 2.44. The molecule has 1 atom stereocenters. The molecule has 10 nitrogen and oxygen atoms in total. The Kier molecular flexibility index (Phi) is 8.40. The second kappa shape index (κ2) is 11.8. The Morgan fingerprint density at radius 1 is 0.975 bits per heavy atom. The summed E-state index contributed by atoms with van der Waals surface area (Å²) in [7, 11) is -3.88. The van der Waals surface area contributed by atoms with Crippen molar-refractivity contribution in [3.63, 3.8) is 0 Å². The summed E-state index contributed by atoms with van der Waals surface area (Å²) in [5.41, 5.74) is 1.28. The van der Waals surface area contributed by atoms with E-state index >= 15 is 0 Å². The summed E-state index contributed by atoms with van der Waals surface area (Å²) in [6.45, 7) is 1.87. The van der Waals surface area contributed by atoms with E-state index < -0.39 is 45.6 Å². The lowest BCUT2D eigenvalue weighted by atomic mass is 10.1. The van der Waals surface area contributed by atoms with Crippen LogP contribution in [0.2, 0.25) is 0 Å². The number of primary sulfonamides is 1. The minimum Gasteiger partial charge on any atom is -0.462 e. The van der Waals surface area contributed by atoms with Gasteiger partial charge in [-0.1, -0.05) is 12.1 Å². The lowest BCUT2D eigenvalue weighted by Gasteiger charge is -2.28. The summed E-state index contributed by atoms with van der Waals surface area (Å²) in [5.74, 6) is -2.82. The van der Waals surface area contributed by atoms with Gasteiger partial charge in [-0.3, -0.25) is 14.4 Å². The second-order valence-electron chi connectivity index (χ2n) is 9.00. The zero-order valence-electron chi connectivity index (χ0n) is 21.4. The van der Waals surface area contributed by atoms with Gasteiger partial charge in [-0.2, -0.15) is 0 Å². The predicted octanol–water partition coefficient (Wildman–Crippen LogP) is 2.67. The number of esters is 1. The van der Waals surface area contributed by atoms with E-state index in [1.165, 1.54) is 53.4 Å². The molecule has 3 aromatic rings. The van der Waals surface area contributed by atoms with E-state index in [4.69, 9.17) is 9.88 Å². The van der Waals surface area contributed by atoms with E-state index in [2.05, 4.69) is 0 Å². The van der Waals surface area contributed by atoms with Crippen molar-refractivity contribution < 1.29 is 36.7 Å². The van der Waals surface area contributed by atoms with Gasteiger partial charge in [0.15, 0.2) is 0 Å². The van der Waals surface area contributed by atoms with Gasteiger partial charge in [0.2, 0.25) is 15.9 Å². The van der Waals surface area contributed by atoms with Gasteiger partial charge >= 0.3 is 5.97 Å². The molecule has 208 valence electrons. The fraction of sp³-hybridized carbons (Fsp3) is 0.214. The largest absolute Gasteiger partial charge is 0.462 e. The first-order valence-electron chi connectivity index (χ1n) is 12.3. The van der Waals surface area contributed by atoms with Crippen molar-refractivity contribution in [2.75, 3.05) is 18.1 Å². The molecule has 2 N–H and O–H groups in total. The number of rotatable bonds is 9. The van der Waals surface area contributed by atoms with Gasteiger partial charge in [-0.25, -0.2) is 27.6 Å². The number of nitrogens with two attached hydrogens (primary N) is 1. The van der Waals surface area contributed by atoms with Crippen molar-refractivity contribution in [3.8, 4) is 0 Å². The fourth-order valence-corrected chi connectivity index (χ4v) is 4.86. The van der Waals surface area contributed by atoms with Crippen molar-refractivity contribution in [1.82, 2.24) is 4.90 Å². The standard InChI is InChI=1S/C28H26FN3O7S/c1-2-39-28(36)20-7-11-22(12-8-20)32-25(33)17-24(27(32)35)31(26(34)19-5-9-21(29)10-6-19)16-15-18-3-13-23(14-4-18)40(30,37)38/h3-14,24H,2,15-17H2,1H3,(H2,30,37,38). The van der Waals surface area contributed by atoms with Crippen molar-refractivity contribution in [3.05, 3.63) is 95.3 Å². The molecular formula is C28H26FN3O7S. The van der Waals surface area contributed by atoms with E-state index in [0.29, 0.717) is 5.56 Å². The van der Waals surface area contributed by atoms with Gasteiger partial charge in [-0.15, -0.1) is 0 Å². The molecule has 0 saturated carbocycles. The maximum atomic E-state index is 13.5. The monoisotopic (exact) mass is 567 g/mol. The molecule has 1 heterocycles. The maximum absolute atomic E-state index is 13.5. The Balaban J connectivity index is 1.60. The zero-order chi connectivity index (χ0) is 29.0. The van der Waals surface area contributed by atoms with E-state index in [1.807, 2.05) is 0 Å². The van der Waals surface area contributed by atoms with Crippen LogP contribution < -0.4 is 10.0 Å². The molecule has 1 aliphatic heterocycles. The molecule has 12 heteroatoms. The number of ether oxygens (including phenoxy) is 1. The van der Waals surface area contributed by atoms with Gasteiger partial charge in [0.1, 0.15) is 11.9 Å². The smallest absolute Gasteiger partial charge is 0.338 e. The number of hydrogen-bond acceptors (Lipinski definition) is 7. The van der Waals surface area contributed by atoms with Gasteiger partial charge in [0, 0.05) is 12.1 Å². The molecule has 0 aliphatic carbocycles. The quantitative estimate of drug-likeness (QED) is 0.309. The third-order valence-electron chi connectivity index (χ3n) is 6.38. The molecule has 1 saturated heterocycles. The summed E-state index contributed by atoms with van der Waals surface area (Å²) in [6, 6.07) is 15.2. The van der Waals surface area contributed by atoms with Crippen LogP contribution in [0.5, 0.6) is 0 Å². The number of carbonyl (C=O) groups is 4. The SMILES string of the molecule is CCOC(=O)c1ccc(N2C(=O)CC(N(CCc3ccc(S(N)(=O)=O)cc3)C(=O)c3ccc(F)cc3)C2=O)cc1. The van der Waals surface area contributed by atoms with Crippen LogP contribution in [0.25, 0.3) is 0 Å². The lowest BCUT2D eigenvalue weighted by molar-refractivity contribution is -0.122. The number of imide groups is 1. The maximum Gasteiger partial charge on any atom is 0.338 e. The summed E-state index contributed by atoms with van der Waals surface area (Å²) in [4.78, 5) is 54.1. The van der Waals surface area contributed by atoms with Crippen LogP contribution in [-0.2, 0) is 30.8 Å². The molecule has 0 spiro atoms. The third kappa shape index (κ3) is 6.24. The normalized spacial score (nSPS) is 15.3. The molecule has 1 unspecified atom stereocenters. The van der Waals surface area contributed by atoms with Crippen LogP contribution >= 0.6 is 0 Å². The molecule has 4 rings (SSSR count). The Labute approximate surface area is 230 Å². The van der Waals surface area contributed by atoms with Gasteiger partial charge < -0.3 is 9.64 Å². The molecule has 0 aromatic heterocycles. The highest BCUT2D eigenvalue weighted by atomic mass is 32.2. The molecular weight excluding hydrogens is 541 g/mol. The number of nitrogens with zero attached hydrogens (tertiary/aromatic N) is 2. The number of sulfonamides is 1. The Hall–Kier alpha value is -4.42.